The van der Waals surface area contributed by atoms with Crippen LogP contribution < -0.4 is 0 Å². The molecule has 0 aromatic carbocycles. The summed E-state index contributed by atoms with van der Waals surface area (Å²) in [6.07, 6.45) is -4.47. The number of halogens is 3. The molecule has 0 bridgehead atoms. The maximum atomic E-state index is 11.4. The average molecular weight is 268 g/mol. The van der Waals surface area contributed by atoms with Gasteiger partial charge in [-0.05, 0) is 13.8 Å². The van der Waals surface area contributed by atoms with Gasteiger partial charge in [0.2, 0.25) is 0 Å². The first kappa shape index (κ1) is 18.6. The number of alkyl halides is 3. The van der Waals surface area contributed by atoms with Crippen molar-refractivity contribution < 1.29 is 32.2 Å². The van der Waals surface area contributed by atoms with Crippen LogP contribution >= 0.6 is 0 Å². The zero-order valence-corrected chi connectivity index (χ0v) is 10.4. The average Bonchev–Trinajstić information content (AvgIpc) is 2.24. The number of rotatable bonds is 3. The third-order valence-corrected chi connectivity index (χ3v) is 1.25. The number of carbonyl (C=O) groups excluding carboxylic acids is 2. The van der Waals surface area contributed by atoms with Crippen molar-refractivity contribution in [3.8, 4) is 0 Å². The Labute approximate surface area is 103 Å². The molecule has 0 saturated carbocycles. The van der Waals surface area contributed by atoms with Crippen LogP contribution in [0.5, 0.6) is 0 Å². The Kier molecular flexibility index (Phi) is 8.59. The van der Waals surface area contributed by atoms with Crippen molar-refractivity contribution >= 4 is 11.9 Å². The summed E-state index contributed by atoms with van der Waals surface area (Å²) in [6, 6.07) is 0. The van der Waals surface area contributed by atoms with Gasteiger partial charge < -0.3 is 9.47 Å². The molecule has 0 heterocycles. The first-order valence-electron chi connectivity index (χ1n) is 4.64. The highest BCUT2D eigenvalue weighted by Gasteiger charge is 2.29. The molecule has 0 aliphatic heterocycles. The summed E-state index contributed by atoms with van der Waals surface area (Å²) < 4.78 is 42.2. The Balaban J connectivity index is 0. The van der Waals surface area contributed by atoms with Crippen LogP contribution in [0.2, 0.25) is 0 Å². The monoisotopic (exact) mass is 268 g/mol. The Morgan fingerprint density at radius 1 is 1.06 bits per heavy atom. The predicted molar refractivity (Wildman–Crippen MR) is 58.7 cm³/mol. The van der Waals surface area contributed by atoms with E-state index in [0.717, 1.165) is 0 Å². The van der Waals surface area contributed by atoms with Gasteiger partial charge in [-0.25, -0.2) is 9.59 Å². The molecule has 0 rings (SSSR count). The third kappa shape index (κ3) is 12.3. The van der Waals surface area contributed by atoms with Crippen molar-refractivity contribution in [3.05, 3.63) is 24.3 Å². The quantitative estimate of drug-likeness (QED) is 0.582. The van der Waals surface area contributed by atoms with Crippen LogP contribution in [-0.2, 0) is 19.1 Å². The number of ether oxygens (including phenoxy) is 2. The molecule has 7 heteroatoms. The van der Waals surface area contributed by atoms with Crippen molar-refractivity contribution in [3.63, 3.8) is 0 Å². The van der Waals surface area contributed by atoms with Gasteiger partial charge in [-0.15, -0.1) is 0 Å². The second kappa shape index (κ2) is 8.32. The molecule has 0 N–H and O–H groups in total. The van der Waals surface area contributed by atoms with Gasteiger partial charge >= 0.3 is 18.1 Å². The minimum absolute atomic E-state index is 0.0470. The maximum Gasteiger partial charge on any atom is 0.422 e. The highest BCUT2D eigenvalue weighted by atomic mass is 19.4. The van der Waals surface area contributed by atoms with Crippen molar-refractivity contribution in [2.75, 3.05) is 13.7 Å². The van der Waals surface area contributed by atoms with E-state index in [4.69, 9.17) is 0 Å². The molecule has 0 aliphatic rings. The van der Waals surface area contributed by atoms with Crippen LogP contribution in [0.1, 0.15) is 13.8 Å². The van der Waals surface area contributed by atoms with Crippen molar-refractivity contribution in [2.24, 2.45) is 0 Å². The molecule has 0 fully saturated rings. The van der Waals surface area contributed by atoms with E-state index >= 15 is 0 Å². The van der Waals surface area contributed by atoms with E-state index in [2.05, 4.69) is 22.6 Å². The van der Waals surface area contributed by atoms with Crippen LogP contribution in [0.3, 0.4) is 0 Å². The van der Waals surface area contributed by atoms with E-state index in [0.29, 0.717) is 5.57 Å². The lowest BCUT2D eigenvalue weighted by Gasteiger charge is -2.06. The van der Waals surface area contributed by atoms with Gasteiger partial charge in [0.25, 0.3) is 0 Å². The first-order chi connectivity index (χ1) is 8.01. The smallest absolute Gasteiger partial charge is 0.422 e. The minimum atomic E-state index is -4.47. The molecule has 0 amide bonds. The minimum Gasteiger partial charge on any atom is -0.466 e. The van der Waals surface area contributed by atoms with Crippen LogP contribution in [0.4, 0.5) is 13.2 Å². The lowest BCUT2D eigenvalue weighted by molar-refractivity contribution is -0.183. The summed E-state index contributed by atoms with van der Waals surface area (Å²) in [5, 5.41) is 0. The molecule has 0 aromatic heterocycles. The number of methoxy groups -OCH3 is 1. The van der Waals surface area contributed by atoms with E-state index in [1.807, 2.05) is 0 Å². The number of carbonyl (C=O) groups is 2. The van der Waals surface area contributed by atoms with Gasteiger partial charge in [-0.1, -0.05) is 13.2 Å². The van der Waals surface area contributed by atoms with Gasteiger partial charge in [0.05, 0.1) is 7.11 Å². The summed E-state index contributed by atoms with van der Waals surface area (Å²) in [7, 11) is 1.33. The van der Waals surface area contributed by atoms with Crippen LogP contribution in [-0.4, -0.2) is 31.8 Å². The van der Waals surface area contributed by atoms with Crippen LogP contribution in [0.25, 0.3) is 0 Å². The molecule has 4 nitrogen and oxygen atoms in total. The molecule has 0 spiro atoms. The fourth-order valence-corrected chi connectivity index (χ4v) is 0.445. The molecule has 0 saturated heterocycles. The summed E-state index contributed by atoms with van der Waals surface area (Å²) in [5.74, 6) is -1.37. The van der Waals surface area contributed by atoms with Gasteiger partial charge in [0.1, 0.15) is 0 Å². The molecular formula is C11H15F3O4. The zero-order valence-electron chi connectivity index (χ0n) is 10.4. The Morgan fingerprint density at radius 3 is 1.61 bits per heavy atom. The predicted octanol–water partition coefficient (Wildman–Crippen LogP) is 2.40. The standard InChI is InChI=1S/C6H7F3O2.C5H8O2/c1-4(2)5(10)11-3-6(7,8)9;1-4(2)5(6)7-3/h1,3H2,2H3;1H2,2-3H3. The SMILES string of the molecule is C=C(C)C(=O)OC.C=C(C)C(=O)OCC(F)(F)F. The Hall–Kier alpha value is -1.79. The molecule has 0 atom stereocenters. The Morgan fingerprint density at radius 2 is 1.44 bits per heavy atom. The van der Waals surface area contributed by atoms with Gasteiger partial charge in [0.15, 0.2) is 6.61 Å². The van der Waals surface area contributed by atoms with Crippen molar-refractivity contribution in [1.82, 2.24) is 0 Å². The lowest BCUT2D eigenvalue weighted by Crippen LogP contribution is -2.20. The molecule has 0 aliphatic carbocycles. The summed E-state index contributed by atoms with van der Waals surface area (Å²) in [6.45, 7) is 7.79. The zero-order chi connectivity index (χ0) is 14.9. The van der Waals surface area contributed by atoms with E-state index in [-0.39, 0.29) is 11.5 Å². The number of hydrogen-bond donors (Lipinski definition) is 0. The van der Waals surface area contributed by atoms with Crippen molar-refractivity contribution in [1.29, 1.82) is 0 Å². The maximum absolute atomic E-state index is 11.4. The highest BCUT2D eigenvalue weighted by molar-refractivity contribution is 5.87. The normalized spacial score (nSPS) is 9.67. The largest absolute Gasteiger partial charge is 0.466 e. The highest BCUT2D eigenvalue weighted by Crippen LogP contribution is 2.14. The van der Waals surface area contributed by atoms with E-state index in [1.54, 1.807) is 6.92 Å². The first-order valence-corrected chi connectivity index (χ1v) is 4.64. The number of hydrogen-bond acceptors (Lipinski definition) is 4. The van der Waals surface area contributed by atoms with E-state index in [1.165, 1.54) is 14.0 Å². The Bertz CT molecular complexity index is 332. The summed E-state index contributed by atoms with van der Waals surface area (Å²) >= 11 is 0. The molecule has 18 heavy (non-hydrogen) atoms. The second-order valence-electron chi connectivity index (χ2n) is 3.24. The molecule has 0 radical (unpaired) electrons. The number of esters is 2. The summed E-state index contributed by atoms with van der Waals surface area (Å²) in [5.41, 5.74) is 0.386. The fourth-order valence-electron chi connectivity index (χ4n) is 0.445. The van der Waals surface area contributed by atoms with Crippen LogP contribution in [0, 0.1) is 0 Å². The molecule has 0 aromatic rings. The lowest BCUT2D eigenvalue weighted by atomic mass is 10.4. The van der Waals surface area contributed by atoms with Gasteiger partial charge in [0, 0.05) is 11.1 Å². The fraction of sp³-hybridized carbons (Fsp3) is 0.455. The van der Waals surface area contributed by atoms with Gasteiger partial charge in [-0.2, -0.15) is 13.2 Å². The van der Waals surface area contributed by atoms with E-state index < -0.39 is 18.8 Å². The van der Waals surface area contributed by atoms with Crippen LogP contribution in [0.15, 0.2) is 24.3 Å². The topological polar surface area (TPSA) is 52.6 Å². The summed E-state index contributed by atoms with van der Waals surface area (Å²) in [4.78, 5) is 20.6. The molecule has 0 unspecified atom stereocenters. The van der Waals surface area contributed by atoms with Crippen molar-refractivity contribution in [2.45, 2.75) is 20.0 Å². The van der Waals surface area contributed by atoms with Gasteiger partial charge in [-0.3, -0.25) is 0 Å². The van der Waals surface area contributed by atoms with E-state index in [9.17, 15) is 22.8 Å². The third-order valence-electron chi connectivity index (χ3n) is 1.25. The molecular weight excluding hydrogens is 253 g/mol. The molecule has 104 valence electrons. The second-order valence-corrected chi connectivity index (χ2v) is 3.24.